The summed E-state index contributed by atoms with van der Waals surface area (Å²) >= 11 is 0. The summed E-state index contributed by atoms with van der Waals surface area (Å²) in [4.78, 5) is 25.5. The highest BCUT2D eigenvalue weighted by atomic mass is 19.2. The van der Waals surface area contributed by atoms with Crippen LogP contribution in [0.4, 0.5) is 23.7 Å². The lowest BCUT2D eigenvalue weighted by molar-refractivity contribution is -0.124. The molecule has 2 N–H and O–H groups in total. The molecule has 0 radical (unpaired) electrons. The Morgan fingerprint density at radius 1 is 1.20 bits per heavy atom. The van der Waals surface area contributed by atoms with Gasteiger partial charge in [-0.2, -0.15) is 0 Å². The van der Waals surface area contributed by atoms with E-state index in [-0.39, 0.29) is 6.54 Å². The van der Waals surface area contributed by atoms with Gasteiger partial charge in [-0.05, 0) is 39.3 Å². The summed E-state index contributed by atoms with van der Waals surface area (Å²) < 4.78 is 44.7. The molecule has 1 atom stereocenters. The second kappa shape index (κ2) is 7.20. The molecule has 25 heavy (non-hydrogen) atoms. The van der Waals surface area contributed by atoms with Crippen molar-refractivity contribution in [2.45, 2.75) is 32.8 Å². The number of hydrazine groups is 1. The first kappa shape index (κ1) is 18.9. The summed E-state index contributed by atoms with van der Waals surface area (Å²) in [6, 6.07) is 1.71. The van der Waals surface area contributed by atoms with E-state index in [0.29, 0.717) is 13.0 Å². The Bertz CT molecular complexity index is 677. The van der Waals surface area contributed by atoms with Crippen LogP contribution in [0, 0.1) is 23.4 Å². The molecular formula is C16H20F3N3O3. The monoisotopic (exact) mass is 359 g/mol. The van der Waals surface area contributed by atoms with E-state index in [0.717, 1.165) is 12.1 Å². The van der Waals surface area contributed by atoms with Crippen LogP contribution in [-0.4, -0.2) is 35.6 Å². The lowest BCUT2D eigenvalue weighted by Crippen LogP contribution is -2.39. The van der Waals surface area contributed by atoms with E-state index < -0.39 is 46.7 Å². The Balaban J connectivity index is 1.88. The molecule has 1 aliphatic heterocycles. The Kier molecular flexibility index (Phi) is 5.44. The van der Waals surface area contributed by atoms with Gasteiger partial charge in [-0.25, -0.2) is 18.0 Å². The van der Waals surface area contributed by atoms with Gasteiger partial charge in [0.2, 0.25) is 5.91 Å². The lowest BCUT2D eigenvalue weighted by Gasteiger charge is -2.24. The molecule has 0 bridgehead atoms. The van der Waals surface area contributed by atoms with Gasteiger partial charge in [0.1, 0.15) is 5.60 Å². The number of amides is 2. The number of nitrogens with zero attached hydrogens (tertiary/aromatic N) is 1. The molecule has 0 aromatic heterocycles. The molecule has 1 aliphatic rings. The fourth-order valence-corrected chi connectivity index (χ4v) is 2.32. The SMILES string of the molecule is CC(C)(C)OC(=O)N1CC[C@@H](C(=O)NNc2ccc(F)c(F)c2F)C1. The van der Waals surface area contributed by atoms with E-state index in [2.05, 4.69) is 10.9 Å². The van der Waals surface area contributed by atoms with Gasteiger partial charge in [0.25, 0.3) is 0 Å². The highest BCUT2D eigenvalue weighted by Crippen LogP contribution is 2.21. The van der Waals surface area contributed by atoms with E-state index in [1.807, 2.05) is 0 Å². The van der Waals surface area contributed by atoms with Gasteiger partial charge in [0.15, 0.2) is 17.5 Å². The largest absolute Gasteiger partial charge is 0.444 e. The summed E-state index contributed by atoms with van der Waals surface area (Å²) in [5.74, 6) is -5.39. The van der Waals surface area contributed by atoms with Crippen molar-refractivity contribution in [3.63, 3.8) is 0 Å². The number of hydrogen-bond donors (Lipinski definition) is 2. The molecular weight excluding hydrogens is 339 g/mol. The maximum absolute atomic E-state index is 13.5. The molecule has 9 heteroatoms. The molecule has 2 rings (SSSR count). The van der Waals surface area contributed by atoms with Gasteiger partial charge in [-0.1, -0.05) is 0 Å². The normalized spacial score (nSPS) is 17.4. The minimum atomic E-state index is -1.63. The van der Waals surface area contributed by atoms with Crippen LogP contribution in [-0.2, 0) is 9.53 Å². The van der Waals surface area contributed by atoms with Crippen molar-refractivity contribution < 1.29 is 27.5 Å². The highest BCUT2D eigenvalue weighted by molar-refractivity contribution is 5.81. The second-order valence-corrected chi connectivity index (χ2v) is 6.75. The number of nitrogens with one attached hydrogen (secondary N) is 2. The Labute approximate surface area is 143 Å². The third kappa shape index (κ3) is 4.77. The number of anilines is 1. The molecule has 1 saturated heterocycles. The molecule has 1 fully saturated rings. The molecule has 2 amide bonds. The number of rotatable bonds is 3. The third-order valence-electron chi connectivity index (χ3n) is 3.57. The Morgan fingerprint density at radius 3 is 2.52 bits per heavy atom. The summed E-state index contributed by atoms with van der Waals surface area (Å²) in [5.41, 5.74) is 3.43. The molecule has 0 spiro atoms. The maximum atomic E-state index is 13.5. The number of carbonyl (C=O) groups excluding carboxylic acids is 2. The minimum Gasteiger partial charge on any atom is -0.444 e. The van der Waals surface area contributed by atoms with Gasteiger partial charge >= 0.3 is 6.09 Å². The molecule has 1 heterocycles. The van der Waals surface area contributed by atoms with Crippen LogP contribution in [0.15, 0.2) is 12.1 Å². The second-order valence-electron chi connectivity index (χ2n) is 6.75. The Hall–Kier alpha value is -2.45. The molecule has 6 nitrogen and oxygen atoms in total. The van der Waals surface area contributed by atoms with Crippen molar-refractivity contribution in [2.75, 3.05) is 18.5 Å². The van der Waals surface area contributed by atoms with Crippen molar-refractivity contribution in [3.05, 3.63) is 29.6 Å². The third-order valence-corrected chi connectivity index (χ3v) is 3.57. The van der Waals surface area contributed by atoms with Crippen LogP contribution < -0.4 is 10.9 Å². The zero-order valence-corrected chi connectivity index (χ0v) is 14.2. The Morgan fingerprint density at radius 2 is 1.88 bits per heavy atom. The van der Waals surface area contributed by atoms with Crippen molar-refractivity contribution in [1.82, 2.24) is 10.3 Å². The van der Waals surface area contributed by atoms with Crippen LogP contribution in [0.1, 0.15) is 27.2 Å². The van der Waals surface area contributed by atoms with Gasteiger partial charge in [0.05, 0.1) is 11.6 Å². The van der Waals surface area contributed by atoms with Crippen molar-refractivity contribution in [1.29, 1.82) is 0 Å². The average Bonchev–Trinajstić information content (AvgIpc) is 3.00. The maximum Gasteiger partial charge on any atom is 0.410 e. The minimum absolute atomic E-state index is 0.155. The molecule has 0 aliphatic carbocycles. The van der Waals surface area contributed by atoms with Crippen LogP contribution in [0.25, 0.3) is 0 Å². The number of carbonyl (C=O) groups is 2. The van der Waals surface area contributed by atoms with Crippen molar-refractivity contribution >= 4 is 17.7 Å². The zero-order valence-electron chi connectivity index (χ0n) is 14.2. The molecule has 0 saturated carbocycles. The van der Waals surface area contributed by atoms with Crippen LogP contribution in [0.5, 0.6) is 0 Å². The van der Waals surface area contributed by atoms with Gasteiger partial charge < -0.3 is 9.64 Å². The smallest absolute Gasteiger partial charge is 0.410 e. The fourth-order valence-electron chi connectivity index (χ4n) is 2.32. The van der Waals surface area contributed by atoms with E-state index >= 15 is 0 Å². The van der Waals surface area contributed by atoms with Crippen molar-refractivity contribution in [2.24, 2.45) is 5.92 Å². The standard InChI is InChI=1S/C16H20F3N3O3/c1-16(2,3)25-15(24)22-7-6-9(8-22)14(23)21-20-11-5-4-10(17)12(18)13(11)19/h4-5,9,20H,6-8H2,1-3H3,(H,21,23)/t9-/m1/s1. The molecule has 0 unspecified atom stereocenters. The van der Waals surface area contributed by atoms with E-state index in [1.165, 1.54) is 4.90 Å². The topological polar surface area (TPSA) is 70.7 Å². The average molecular weight is 359 g/mol. The van der Waals surface area contributed by atoms with Gasteiger partial charge in [-0.15, -0.1) is 0 Å². The number of likely N-dealkylation sites (tertiary alicyclic amines) is 1. The first-order valence-electron chi connectivity index (χ1n) is 7.76. The summed E-state index contributed by atoms with van der Waals surface area (Å²) in [6.07, 6.45) is -0.102. The first-order valence-corrected chi connectivity index (χ1v) is 7.76. The first-order chi connectivity index (χ1) is 11.6. The van der Waals surface area contributed by atoms with E-state index in [1.54, 1.807) is 20.8 Å². The summed E-state index contributed by atoms with van der Waals surface area (Å²) in [7, 11) is 0. The number of benzene rings is 1. The molecule has 1 aromatic rings. The predicted octanol–water partition coefficient (Wildman–Crippen LogP) is 2.80. The van der Waals surface area contributed by atoms with Gasteiger partial charge in [-0.3, -0.25) is 15.6 Å². The van der Waals surface area contributed by atoms with Crippen LogP contribution >= 0.6 is 0 Å². The number of ether oxygens (including phenoxy) is 1. The molecule has 1 aromatic carbocycles. The summed E-state index contributed by atoms with van der Waals surface area (Å²) in [6.45, 7) is 5.73. The predicted molar refractivity (Wildman–Crippen MR) is 84.0 cm³/mol. The fraction of sp³-hybridized carbons (Fsp3) is 0.500. The lowest BCUT2D eigenvalue weighted by atomic mass is 10.1. The van der Waals surface area contributed by atoms with Crippen LogP contribution in [0.2, 0.25) is 0 Å². The van der Waals surface area contributed by atoms with E-state index in [9.17, 15) is 22.8 Å². The van der Waals surface area contributed by atoms with Gasteiger partial charge in [0, 0.05) is 13.1 Å². The number of hydrogen-bond acceptors (Lipinski definition) is 4. The van der Waals surface area contributed by atoms with E-state index in [4.69, 9.17) is 4.74 Å². The van der Waals surface area contributed by atoms with Crippen LogP contribution in [0.3, 0.4) is 0 Å². The number of halogens is 3. The van der Waals surface area contributed by atoms with Crippen molar-refractivity contribution in [3.8, 4) is 0 Å². The quantitative estimate of drug-likeness (QED) is 0.643. The molecule has 138 valence electrons. The highest BCUT2D eigenvalue weighted by Gasteiger charge is 2.33. The zero-order chi connectivity index (χ0) is 18.8. The summed E-state index contributed by atoms with van der Waals surface area (Å²) in [5, 5.41) is 0.